The molecular weight excluding hydrogens is 312 g/mol. The lowest BCUT2D eigenvalue weighted by molar-refractivity contribution is 0.340. The van der Waals surface area contributed by atoms with E-state index < -0.39 is 0 Å². The number of rotatable bonds is 3. The predicted molar refractivity (Wildman–Crippen MR) is 79.7 cm³/mol. The van der Waals surface area contributed by atoms with Crippen molar-refractivity contribution in [3.63, 3.8) is 0 Å². The highest BCUT2D eigenvalue weighted by atomic mass is 79.9. The topological polar surface area (TPSA) is 9.23 Å². The Kier molecular flexibility index (Phi) is 4.45. The number of hydrogen-bond acceptors (Lipinski definition) is 1. The fourth-order valence-electron chi connectivity index (χ4n) is 1.71. The maximum Gasteiger partial charge on any atom is 0.0909 e. The first-order chi connectivity index (χ1) is 8.72. The van der Waals surface area contributed by atoms with Crippen LogP contribution in [0.2, 0.25) is 5.02 Å². The van der Waals surface area contributed by atoms with E-state index >= 15 is 0 Å². The molecule has 0 aliphatic rings. The largest absolute Gasteiger partial charge is 0.504 e. The molecular formula is C15H12BrClO. The van der Waals surface area contributed by atoms with E-state index in [1.54, 1.807) is 13.4 Å². The monoisotopic (exact) mass is 322 g/mol. The molecule has 0 aromatic heterocycles. The van der Waals surface area contributed by atoms with Crippen LogP contribution in [0.4, 0.5) is 0 Å². The van der Waals surface area contributed by atoms with Crippen LogP contribution in [0.5, 0.6) is 0 Å². The first-order valence-electron chi connectivity index (χ1n) is 5.46. The zero-order valence-corrected chi connectivity index (χ0v) is 12.2. The van der Waals surface area contributed by atoms with E-state index in [-0.39, 0.29) is 0 Å². The number of ether oxygens (including phenoxy) is 1. The second-order valence-corrected chi connectivity index (χ2v) is 5.04. The van der Waals surface area contributed by atoms with Gasteiger partial charge in [-0.3, -0.25) is 0 Å². The molecule has 0 N–H and O–H groups in total. The summed E-state index contributed by atoms with van der Waals surface area (Å²) in [5, 5.41) is 0.725. The maximum atomic E-state index is 5.91. The van der Waals surface area contributed by atoms with Gasteiger partial charge in [-0.25, -0.2) is 0 Å². The minimum absolute atomic E-state index is 0.725. The molecule has 0 saturated heterocycles. The summed E-state index contributed by atoms with van der Waals surface area (Å²) < 4.78 is 6.21. The number of benzene rings is 2. The number of methoxy groups -OCH3 is 1. The summed E-state index contributed by atoms with van der Waals surface area (Å²) in [7, 11) is 1.65. The van der Waals surface area contributed by atoms with Crippen molar-refractivity contribution in [1.29, 1.82) is 0 Å². The molecule has 0 spiro atoms. The molecule has 0 radical (unpaired) electrons. The fourth-order valence-corrected chi connectivity index (χ4v) is 2.34. The Bertz CT molecular complexity index is 561. The Balaban J connectivity index is 2.51. The molecule has 0 unspecified atom stereocenters. The second kappa shape index (κ2) is 6.07. The number of halogens is 2. The molecule has 0 fully saturated rings. The van der Waals surface area contributed by atoms with E-state index in [0.29, 0.717) is 0 Å². The summed E-state index contributed by atoms with van der Waals surface area (Å²) in [6, 6.07) is 15.7. The van der Waals surface area contributed by atoms with E-state index in [1.165, 1.54) is 0 Å². The maximum absolute atomic E-state index is 5.91. The lowest BCUT2D eigenvalue weighted by Crippen LogP contribution is -1.90. The lowest BCUT2D eigenvalue weighted by atomic mass is 9.99. The molecule has 3 heteroatoms. The molecule has 0 aliphatic heterocycles. The third-order valence-corrected chi connectivity index (χ3v) is 3.50. The van der Waals surface area contributed by atoms with Gasteiger partial charge in [-0.1, -0.05) is 57.9 Å². The minimum atomic E-state index is 0.725. The Morgan fingerprint density at radius 1 is 1.11 bits per heavy atom. The molecule has 0 atom stereocenters. The van der Waals surface area contributed by atoms with Gasteiger partial charge in [0.05, 0.1) is 13.4 Å². The zero-order chi connectivity index (χ0) is 13.0. The summed E-state index contributed by atoms with van der Waals surface area (Å²) in [6.45, 7) is 0. The van der Waals surface area contributed by atoms with Gasteiger partial charge in [0.15, 0.2) is 0 Å². The SMILES string of the molecule is CO/C=C(/c1ccc(Cl)cc1)c1ccccc1Br. The number of hydrogen-bond donors (Lipinski definition) is 0. The third kappa shape index (κ3) is 2.95. The van der Waals surface area contributed by atoms with Crippen LogP contribution in [0.3, 0.4) is 0 Å². The van der Waals surface area contributed by atoms with E-state index in [0.717, 1.165) is 26.2 Å². The van der Waals surface area contributed by atoms with Crippen LogP contribution in [0.1, 0.15) is 11.1 Å². The molecule has 18 heavy (non-hydrogen) atoms. The van der Waals surface area contributed by atoms with Crippen molar-refractivity contribution in [3.8, 4) is 0 Å². The van der Waals surface area contributed by atoms with Crippen LogP contribution < -0.4 is 0 Å². The Hall–Kier alpha value is -1.25. The Morgan fingerprint density at radius 2 is 1.78 bits per heavy atom. The first kappa shape index (κ1) is 13.2. The second-order valence-electron chi connectivity index (χ2n) is 3.75. The lowest BCUT2D eigenvalue weighted by Gasteiger charge is -2.10. The van der Waals surface area contributed by atoms with Crippen LogP contribution in [0.25, 0.3) is 5.57 Å². The average molecular weight is 324 g/mol. The van der Waals surface area contributed by atoms with Gasteiger partial charge in [0.1, 0.15) is 0 Å². The highest BCUT2D eigenvalue weighted by Gasteiger charge is 2.08. The Morgan fingerprint density at radius 3 is 2.39 bits per heavy atom. The molecule has 0 amide bonds. The van der Waals surface area contributed by atoms with Gasteiger partial charge in [-0.05, 0) is 29.3 Å². The van der Waals surface area contributed by atoms with Crippen LogP contribution in [0, 0.1) is 0 Å². The molecule has 0 saturated carbocycles. The van der Waals surface area contributed by atoms with Crippen molar-refractivity contribution >= 4 is 33.1 Å². The van der Waals surface area contributed by atoms with Gasteiger partial charge in [0, 0.05) is 15.1 Å². The van der Waals surface area contributed by atoms with Crippen molar-refractivity contribution < 1.29 is 4.74 Å². The van der Waals surface area contributed by atoms with Gasteiger partial charge in [0.25, 0.3) is 0 Å². The molecule has 2 rings (SSSR count). The van der Waals surface area contributed by atoms with E-state index in [2.05, 4.69) is 15.9 Å². The standard InChI is InChI=1S/C15H12BrClO/c1-18-10-14(11-6-8-12(17)9-7-11)13-4-2-3-5-15(13)16/h2-10H,1H3/b14-10-. The molecule has 2 aromatic carbocycles. The molecule has 0 aliphatic carbocycles. The van der Waals surface area contributed by atoms with Crippen molar-refractivity contribution in [1.82, 2.24) is 0 Å². The van der Waals surface area contributed by atoms with Gasteiger partial charge >= 0.3 is 0 Å². The molecule has 0 bridgehead atoms. The van der Waals surface area contributed by atoms with Crippen molar-refractivity contribution in [2.45, 2.75) is 0 Å². The summed E-state index contributed by atoms with van der Waals surface area (Å²) in [4.78, 5) is 0. The van der Waals surface area contributed by atoms with Gasteiger partial charge in [-0.15, -0.1) is 0 Å². The van der Waals surface area contributed by atoms with E-state index in [1.807, 2.05) is 48.5 Å². The Labute approximate surface area is 120 Å². The average Bonchev–Trinajstić information content (AvgIpc) is 2.38. The van der Waals surface area contributed by atoms with Crippen molar-refractivity contribution in [3.05, 3.63) is 75.4 Å². The van der Waals surface area contributed by atoms with Crippen LogP contribution in [-0.4, -0.2) is 7.11 Å². The highest BCUT2D eigenvalue weighted by Crippen LogP contribution is 2.30. The van der Waals surface area contributed by atoms with Crippen LogP contribution in [0.15, 0.2) is 59.3 Å². The van der Waals surface area contributed by atoms with Crippen LogP contribution in [-0.2, 0) is 4.74 Å². The normalized spacial score (nSPS) is 11.4. The quantitative estimate of drug-likeness (QED) is 0.711. The molecule has 0 heterocycles. The van der Waals surface area contributed by atoms with Crippen LogP contribution >= 0.6 is 27.5 Å². The summed E-state index contributed by atoms with van der Waals surface area (Å²) in [6.07, 6.45) is 1.74. The summed E-state index contributed by atoms with van der Waals surface area (Å²) in [5.41, 5.74) is 3.16. The van der Waals surface area contributed by atoms with Crippen molar-refractivity contribution in [2.75, 3.05) is 7.11 Å². The van der Waals surface area contributed by atoms with Gasteiger partial charge in [-0.2, -0.15) is 0 Å². The zero-order valence-electron chi connectivity index (χ0n) is 9.86. The smallest absolute Gasteiger partial charge is 0.0909 e. The third-order valence-electron chi connectivity index (χ3n) is 2.55. The summed E-state index contributed by atoms with van der Waals surface area (Å²) in [5.74, 6) is 0. The molecule has 92 valence electrons. The first-order valence-corrected chi connectivity index (χ1v) is 6.63. The fraction of sp³-hybridized carbons (Fsp3) is 0.0667. The van der Waals surface area contributed by atoms with E-state index in [4.69, 9.17) is 16.3 Å². The summed E-state index contributed by atoms with van der Waals surface area (Å²) >= 11 is 9.47. The predicted octanol–water partition coefficient (Wildman–Crippen LogP) is 5.14. The van der Waals surface area contributed by atoms with Crippen molar-refractivity contribution in [2.24, 2.45) is 0 Å². The molecule has 1 nitrogen and oxygen atoms in total. The molecule has 2 aromatic rings. The van der Waals surface area contributed by atoms with E-state index in [9.17, 15) is 0 Å². The minimum Gasteiger partial charge on any atom is -0.504 e. The highest BCUT2D eigenvalue weighted by molar-refractivity contribution is 9.10. The van der Waals surface area contributed by atoms with Gasteiger partial charge < -0.3 is 4.74 Å². The van der Waals surface area contributed by atoms with Gasteiger partial charge in [0.2, 0.25) is 0 Å².